The number of carbonyl (C=O) groups excluding carboxylic acids is 1. The number of carbonyl (C=O) groups is 1. The van der Waals surface area contributed by atoms with Gasteiger partial charge >= 0.3 is 0 Å². The summed E-state index contributed by atoms with van der Waals surface area (Å²) in [6.07, 6.45) is 3.57. The Labute approximate surface area is 178 Å². The number of hydrogen-bond donors (Lipinski definition) is 2. The number of nitrogen functional groups attached to an aromatic ring is 1. The van der Waals surface area contributed by atoms with E-state index in [-0.39, 0.29) is 17.7 Å². The van der Waals surface area contributed by atoms with E-state index in [9.17, 15) is 4.79 Å². The summed E-state index contributed by atoms with van der Waals surface area (Å²) >= 11 is 6.23. The van der Waals surface area contributed by atoms with Crippen LogP contribution in [0, 0.1) is 0 Å². The number of rotatable bonds is 6. The number of nitrogens with one attached hydrogen (secondary N) is 1. The number of nitrogens with two attached hydrogens (primary N) is 1. The van der Waals surface area contributed by atoms with Gasteiger partial charge in [0.05, 0.1) is 11.8 Å². The minimum atomic E-state index is -0.394. The predicted octanol–water partition coefficient (Wildman–Crippen LogP) is 2.99. The van der Waals surface area contributed by atoms with Gasteiger partial charge in [0.15, 0.2) is 6.61 Å². The molecule has 1 aromatic heterocycles. The number of benzene rings is 2. The maximum atomic E-state index is 12.1. The topological polar surface area (TPSA) is 106 Å². The number of aromatic nitrogens is 2. The second-order valence-electron chi connectivity index (χ2n) is 6.89. The van der Waals surface area contributed by atoms with Gasteiger partial charge in [-0.15, -0.1) is 0 Å². The van der Waals surface area contributed by atoms with Crippen molar-refractivity contribution in [3.05, 3.63) is 53.2 Å². The number of nitrogens with zero attached hydrogens (tertiary/aromatic N) is 4. The summed E-state index contributed by atoms with van der Waals surface area (Å²) < 4.78 is 5.56. The molecule has 1 aliphatic rings. The van der Waals surface area contributed by atoms with Crippen LogP contribution in [0.25, 0.3) is 10.8 Å². The summed E-state index contributed by atoms with van der Waals surface area (Å²) in [5.41, 5.74) is 8.70. The molecule has 1 fully saturated rings. The first-order valence-electron chi connectivity index (χ1n) is 9.61. The lowest BCUT2D eigenvalue weighted by Gasteiger charge is -2.19. The van der Waals surface area contributed by atoms with Gasteiger partial charge < -0.3 is 15.4 Å². The largest absolute Gasteiger partial charge is 0.484 e. The van der Waals surface area contributed by atoms with Crippen LogP contribution < -0.4 is 20.8 Å². The Kier molecular flexibility index (Phi) is 5.94. The van der Waals surface area contributed by atoms with E-state index in [1.54, 1.807) is 0 Å². The molecular weight excluding hydrogens is 404 g/mol. The molecule has 3 N–H and O–H groups in total. The highest BCUT2D eigenvalue weighted by molar-refractivity contribution is 6.32. The molecule has 3 aromatic rings. The normalized spacial score (nSPS) is 13.8. The van der Waals surface area contributed by atoms with Gasteiger partial charge in [0.2, 0.25) is 5.95 Å². The number of amides is 1. The highest BCUT2D eigenvalue weighted by Gasteiger charge is 2.20. The van der Waals surface area contributed by atoms with Crippen molar-refractivity contribution in [2.24, 2.45) is 5.10 Å². The molecule has 2 aromatic carbocycles. The minimum Gasteiger partial charge on any atom is -0.484 e. The highest BCUT2D eigenvalue weighted by Crippen LogP contribution is 2.26. The summed E-state index contributed by atoms with van der Waals surface area (Å²) in [6.45, 7) is 1.56. The van der Waals surface area contributed by atoms with E-state index >= 15 is 0 Å². The van der Waals surface area contributed by atoms with E-state index in [4.69, 9.17) is 22.1 Å². The molecule has 0 atom stereocenters. The van der Waals surface area contributed by atoms with Gasteiger partial charge in [0, 0.05) is 13.1 Å². The van der Waals surface area contributed by atoms with Crippen LogP contribution in [0.3, 0.4) is 0 Å². The number of ether oxygens (including phenoxy) is 1. The molecule has 30 heavy (non-hydrogen) atoms. The van der Waals surface area contributed by atoms with E-state index in [0.29, 0.717) is 17.1 Å². The monoisotopic (exact) mass is 424 g/mol. The van der Waals surface area contributed by atoms with Crippen molar-refractivity contribution in [2.45, 2.75) is 12.8 Å². The summed E-state index contributed by atoms with van der Waals surface area (Å²) in [4.78, 5) is 22.5. The molecule has 1 aliphatic heterocycles. The van der Waals surface area contributed by atoms with Gasteiger partial charge in [-0.2, -0.15) is 10.1 Å². The van der Waals surface area contributed by atoms with Crippen LogP contribution in [0.5, 0.6) is 5.75 Å². The standard InChI is InChI=1S/C21H21ClN6O2/c22-19-17(20(26-21(23)25-19)28-9-3-4-10-28)12-24-27-18(29)13-30-16-8-7-14-5-1-2-6-15(14)11-16/h1-2,5-8,11-12H,3-4,9-10,13H2,(H,27,29)(H2,23,25,26)/b24-12+. The smallest absolute Gasteiger partial charge is 0.277 e. The van der Waals surface area contributed by atoms with Gasteiger partial charge in [-0.1, -0.05) is 41.9 Å². The average molecular weight is 425 g/mol. The molecule has 1 saturated heterocycles. The zero-order chi connectivity index (χ0) is 20.9. The summed E-state index contributed by atoms with van der Waals surface area (Å²) in [5, 5.41) is 6.33. The Morgan fingerprint density at radius 1 is 1.20 bits per heavy atom. The van der Waals surface area contributed by atoms with Crippen molar-refractivity contribution in [3.8, 4) is 5.75 Å². The van der Waals surface area contributed by atoms with Crippen molar-refractivity contribution in [3.63, 3.8) is 0 Å². The second kappa shape index (κ2) is 8.96. The van der Waals surface area contributed by atoms with E-state index in [0.717, 1.165) is 36.7 Å². The quantitative estimate of drug-likeness (QED) is 0.358. The molecular formula is C21H21ClN6O2. The van der Waals surface area contributed by atoms with Crippen molar-refractivity contribution in [1.82, 2.24) is 15.4 Å². The molecule has 0 unspecified atom stereocenters. The predicted molar refractivity (Wildman–Crippen MR) is 118 cm³/mol. The Morgan fingerprint density at radius 2 is 1.97 bits per heavy atom. The number of hydrazone groups is 1. The SMILES string of the molecule is Nc1nc(Cl)c(/C=N/NC(=O)COc2ccc3ccccc3c2)c(N2CCCC2)n1. The van der Waals surface area contributed by atoms with Crippen LogP contribution >= 0.6 is 11.6 Å². The highest BCUT2D eigenvalue weighted by atomic mass is 35.5. The van der Waals surface area contributed by atoms with Crippen molar-refractivity contribution in [2.75, 3.05) is 30.3 Å². The Balaban J connectivity index is 1.38. The fourth-order valence-corrected chi connectivity index (χ4v) is 3.55. The summed E-state index contributed by atoms with van der Waals surface area (Å²) in [6, 6.07) is 13.6. The van der Waals surface area contributed by atoms with Crippen LogP contribution in [0.15, 0.2) is 47.6 Å². The molecule has 154 valence electrons. The van der Waals surface area contributed by atoms with Crippen molar-refractivity contribution >= 4 is 46.3 Å². The van der Waals surface area contributed by atoms with E-state index in [1.807, 2.05) is 42.5 Å². The number of hydrogen-bond acceptors (Lipinski definition) is 7. The lowest BCUT2D eigenvalue weighted by Crippen LogP contribution is -2.25. The fourth-order valence-electron chi connectivity index (χ4n) is 3.33. The summed E-state index contributed by atoms with van der Waals surface area (Å²) in [5.74, 6) is 0.941. The van der Waals surface area contributed by atoms with E-state index in [2.05, 4.69) is 25.4 Å². The maximum absolute atomic E-state index is 12.1. The number of fused-ring (bicyclic) bond motifs is 1. The number of halogens is 1. The lowest BCUT2D eigenvalue weighted by molar-refractivity contribution is -0.123. The molecule has 0 radical (unpaired) electrons. The molecule has 9 heteroatoms. The molecule has 0 bridgehead atoms. The van der Waals surface area contributed by atoms with Crippen molar-refractivity contribution < 1.29 is 9.53 Å². The van der Waals surface area contributed by atoms with Crippen LogP contribution in [-0.2, 0) is 4.79 Å². The Bertz CT molecular complexity index is 1100. The average Bonchev–Trinajstić information content (AvgIpc) is 3.28. The molecule has 8 nitrogen and oxygen atoms in total. The third kappa shape index (κ3) is 4.60. The lowest BCUT2D eigenvalue weighted by atomic mass is 10.1. The zero-order valence-electron chi connectivity index (χ0n) is 16.2. The van der Waals surface area contributed by atoms with Gasteiger partial charge in [-0.3, -0.25) is 4.79 Å². The zero-order valence-corrected chi connectivity index (χ0v) is 17.0. The van der Waals surface area contributed by atoms with Crippen LogP contribution in [0.2, 0.25) is 5.15 Å². The Hall–Kier alpha value is -3.39. The Morgan fingerprint density at radius 3 is 2.77 bits per heavy atom. The molecule has 0 spiro atoms. The first-order chi connectivity index (χ1) is 14.6. The van der Waals surface area contributed by atoms with E-state index in [1.165, 1.54) is 6.21 Å². The minimum absolute atomic E-state index is 0.104. The maximum Gasteiger partial charge on any atom is 0.277 e. The third-order valence-electron chi connectivity index (χ3n) is 4.78. The first-order valence-corrected chi connectivity index (χ1v) is 9.99. The molecule has 4 rings (SSSR count). The van der Waals surface area contributed by atoms with Crippen LogP contribution in [-0.4, -0.2) is 41.8 Å². The van der Waals surface area contributed by atoms with Crippen LogP contribution in [0.1, 0.15) is 18.4 Å². The number of anilines is 2. The van der Waals surface area contributed by atoms with Gasteiger partial charge in [-0.05, 0) is 35.7 Å². The van der Waals surface area contributed by atoms with E-state index < -0.39 is 5.91 Å². The third-order valence-corrected chi connectivity index (χ3v) is 5.06. The summed E-state index contributed by atoms with van der Waals surface area (Å²) in [7, 11) is 0. The van der Waals surface area contributed by atoms with Crippen molar-refractivity contribution in [1.29, 1.82) is 0 Å². The van der Waals surface area contributed by atoms with Crippen LogP contribution in [0.4, 0.5) is 11.8 Å². The van der Waals surface area contributed by atoms with Gasteiger partial charge in [-0.25, -0.2) is 10.4 Å². The molecule has 0 saturated carbocycles. The fraction of sp³-hybridized carbons (Fsp3) is 0.238. The molecule has 2 heterocycles. The second-order valence-corrected chi connectivity index (χ2v) is 7.25. The van der Waals surface area contributed by atoms with Gasteiger partial charge in [0.1, 0.15) is 16.7 Å². The first kappa shape index (κ1) is 19.9. The molecule has 0 aliphatic carbocycles. The molecule has 1 amide bonds. The van der Waals surface area contributed by atoms with Gasteiger partial charge in [0.25, 0.3) is 5.91 Å².